The number of hydrogen-bond donors (Lipinski definition) is 1. The maximum atomic E-state index is 12.9. The fourth-order valence-corrected chi connectivity index (χ4v) is 4.30. The van der Waals surface area contributed by atoms with Crippen molar-refractivity contribution < 1.29 is 14.3 Å². The first-order valence-corrected chi connectivity index (χ1v) is 11.9. The number of rotatable bonds is 9. The minimum atomic E-state index is -0.0424. The van der Waals surface area contributed by atoms with Gasteiger partial charge in [0.2, 0.25) is 0 Å². The lowest BCUT2D eigenvalue weighted by Gasteiger charge is -2.34. The molecule has 0 unspecified atom stereocenters. The number of unbranched alkanes of at least 4 members (excludes halogenated alkanes) is 1. The van der Waals surface area contributed by atoms with E-state index in [0.717, 1.165) is 67.9 Å². The molecule has 0 spiro atoms. The van der Waals surface area contributed by atoms with Gasteiger partial charge in [0.1, 0.15) is 17.6 Å². The van der Waals surface area contributed by atoms with E-state index in [2.05, 4.69) is 25.7 Å². The third-order valence-electron chi connectivity index (χ3n) is 5.92. The fourth-order valence-electron chi connectivity index (χ4n) is 4.03. The highest BCUT2D eigenvalue weighted by atomic mass is 79.9. The first kappa shape index (κ1) is 23.0. The van der Waals surface area contributed by atoms with Crippen LogP contribution >= 0.6 is 15.9 Å². The SMILES string of the molecule is O=c1c(-c2ccc(Br)cc2)coc2cc(OCCCCN3CCN(CCO)CC3)ccc12. The van der Waals surface area contributed by atoms with E-state index in [1.165, 1.54) is 6.26 Å². The number of hydrogen-bond acceptors (Lipinski definition) is 6. The van der Waals surface area contributed by atoms with Crippen molar-refractivity contribution in [2.24, 2.45) is 0 Å². The molecule has 1 aliphatic heterocycles. The van der Waals surface area contributed by atoms with Crippen LogP contribution < -0.4 is 10.2 Å². The highest BCUT2D eigenvalue weighted by Crippen LogP contribution is 2.24. The average molecular weight is 501 g/mol. The predicted molar refractivity (Wildman–Crippen MR) is 130 cm³/mol. The average Bonchev–Trinajstić information content (AvgIpc) is 2.81. The van der Waals surface area contributed by atoms with Crippen molar-refractivity contribution in [3.63, 3.8) is 0 Å². The van der Waals surface area contributed by atoms with E-state index in [1.807, 2.05) is 30.3 Å². The van der Waals surface area contributed by atoms with Gasteiger partial charge in [-0.05, 0) is 49.2 Å². The molecule has 32 heavy (non-hydrogen) atoms. The summed E-state index contributed by atoms with van der Waals surface area (Å²) >= 11 is 3.41. The molecular formula is C25H29BrN2O4. The topological polar surface area (TPSA) is 66.2 Å². The van der Waals surface area contributed by atoms with E-state index in [-0.39, 0.29) is 12.0 Å². The molecule has 0 radical (unpaired) electrons. The number of benzene rings is 2. The first-order valence-electron chi connectivity index (χ1n) is 11.1. The maximum absolute atomic E-state index is 12.9. The monoisotopic (exact) mass is 500 g/mol. The van der Waals surface area contributed by atoms with Crippen molar-refractivity contribution in [3.8, 4) is 16.9 Å². The number of nitrogens with zero attached hydrogens (tertiary/aromatic N) is 2. The second-order valence-electron chi connectivity index (χ2n) is 8.11. The van der Waals surface area contributed by atoms with Crippen LogP contribution in [-0.2, 0) is 0 Å². The van der Waals surface area contributed by atoms with Crippen molar-refractivity contribution in [2.75, 3.05) is 52.5 Å². The van der Waals surface area contributed by atoms with Crippen LogP contribution in [0.1, 0.15) is 12.8 Å². The first-order chi connectivity index (χ1) is 15.6. The maximum Gasteiger partial charge on any atom is 0.200 e. The Morgan fingerprint density at radius 1 is 0.969 bits per heavy atom. The highest BCUT2D eigenvalue weighted by molar-refractivity contribution is 9.10. The third-order valence-corrected chi connectivity index (χ3v) is 6.45. The summed E-state index contributed by atoms with van der Waals surface area (Å²) in [5, 5.41) is 9.58. The molecular weight excluding hydrogens is 472 g/mol. The van der Waals surface area contributed by atoms with Gasteiger partial charge in [-0.2, -0.15) is 0 Å². The zero-order valence-electron chi connectivity index (χ0n) is 18.1. The number of ether oxygens (including phenoxy) is 1. The Kier molecular flexibility index (Phi) is 7.97. The lowest BCUT2D eigenvalue weighted by atomic mass is 10.1. The lowest BCUT2D eigenvalue weighted by molar-refractivity contribution is 0.110. The molecule has 2 heterocycles. The molecule has 1 aromatic heterocycles. The van der Waals surface area contributed by atoms with Crippen molar-refractivity contribution in [1.29, 1.82) is 0 Å². The number of piperazine rings is 1. The minimum Gasteiger partial charge on any atom is -0.493 e. The summed E-state index contributed by atoms with van der Waals surface area (Å²) < 4.78 is 12.6. The fraction of sp³-hybridized carbons (Fsp3) is 0.400. The Hall–Kier alpha value is -2.19. The van der Waals surface area contributed by atoms with Gasteiger partial charge in [-0.15, -0.1) is 0 Å². The van der Waals surface area contributed by atoms with Gasteiger partial charge in [-0.3, -0.25) is 9.69 Å². The molecule has 0 bridgehead atoms. The number of halogens is 1. The van der Waals surface area contributed by atoms with E-state index in [0.29, 0.717) is 23.1 Å². The van der Waals surface area contributed by atoms with Gasteiger partial charge in [-0.1, -0.05) is 28.1 Å². The Balaban J connectivity index is 1.28. The van der Waals surface area contributed by atoms with Gasteiger partial charge in [0.05, 0.1) is 24.2 Å². The van der Waals surface area contributed by atoms with Gasteiger partial charge in [0.15, 0.2) is 5.43 Å². The molecule has 0 amide bonds. The van der Waals surface area contributed by atoms with Crippen molar-refractivity contribution in [2.45, 2.75) is 12.8 Å². The predicted octanol–water partition coefficient (Wildman–Crippen LogP) is 3.99. The molecule has 7 heteroatoms. The molecule has 0 aliphatic carbocycles. The largest absolute Gasteiger partial charge is 0.493 e. The summed E-state index contributed by atoms with van der Waals surface area (Å²) in [6.07, 6.45) is 3.58. The van der Waals surface area contributed by atoms with E-state index in [4.69, 9.17) is 14.3 Å². The Morgan fingerprint density at radius 2 is 1.69 bits per heavy atom. The molecule has 3 aromatic rings. The number of β-amino-alcohol motifs (C(OH)–C–C–N with tert-alkyl or cyclic N) is 1. The standard InChI is InChI=1S/C25H29BrN2O4/c26-20-5-3-19(4-6-20)23-18-32-24-17-21(7-8-22(24)25(23)30)31-16-2-1-9-27-10-12-28(13-11-27)14-15-29/h3-8,17-18,29H,1-2,9-16H2. The Labute approximate surface area is 196 Å². The van der Waals surface area contributed by atoms with Crippen LogP contribution in [0, 0.1) is 0 Å². The van der Waals surface area contributed by atoms with Gasteiger partial charge in [0.25, 0.3) is 0 Å². The van der Waals surface area contributed by atoms with Crippen LogP contribution in [-0.4, -0.2) is 67.4 Å². The molecule has 0 atom stereocenters. The summed E-state index contributed by atoms with van der Waals surface area (Å²) in [6, 6.07) is 13.0. The lowest BCUT2D eigenvalue weighted by Crippen LogP contribution is -2.47. The molecule has 1 N–H and O–H groups in total. The summed E-state index contributed by atoms with van der Waals surface area (Å²) in [5.74, 6) is 0.717. The molecule has 2 aromatic carbocycles. The molecule has 6 nitrogen and oxygen atoms in total. The van der Waals surface area contributed by atoms with Crippen LogP contribution in [0.3, 0.4) is 0 Å². The Bertz CT molecular complexity index is 1080. The van der Waals surface area contributed by atoms with Crippen molar-refractivity contribution in [1.82, 2.24) is 9.80 Å². The van der Waals surface area contributed by atoms with Crippen LogP contribution in [0.4, 0.5) is 0 Å². The molecule has 1 aliphatic rings. The minimum absolute atomic E-state index is 0.0424. The zero-order valence-corrected chi connectivity index (χ0v) is 19.7. The van der Waals surface area contributed by atoms with E-state index in [1.54, 1.807) is 12.1 Å². The number of aliphatic hydroxyl groups excluding tert-OH is 1. The molecule has 4 rings (SSSR count). The summed E-state index contributed by atoms with van der Waals surface area (Å²) in [6.45, 7) is 6.91. The van der Waals surface area contributed by atoms with Crippen LogP contribution in [0.15, 0.2) is 62.4 Å². The van der Waals surface area contributed by atoms with E-state index in [9.17, 15) is 4.79 Å². The molecule has 1 fully saturated rings. The van der Waals surface area contributed by atoms with Gasteiger partial charge in [-0.25, -0.2) is 0 Å². The van der Waals surface area contributed by atoms with Crippen molar-refractivity contribution in [3.05, 3.63) is 63.4 Å². The smallest absolute Gasteiger partial charge is 0.200 e. The van der Waals surface area contributed by atoms with Crippen LogP contribution in [0.2, 0.25) is 0 Å². The molecule has 1 saturated heterocycles. The molecule has 0 saturated carbocycles. The Morgan fingerprint density at radius 3 is 2.41 bits per heavy atom. The molecule has 170 valence electrons. The zero-order chi connectivity index (χ0) is 22.3. The quantitative estimate of drug-likeness (QED) is 0.448. The van der Waals surface area contributed by atoms with Crippen LogP contribution in [0.5, 0.6) is 5.75 Å². The second kappa shape index (κ2) is 11.1. The summed E-state index contributed by atoms with van der Waals surface area (Å²) in [7, 11) is 0. The normalized spacial score (nSPS) is 15.3. The van der Waals surface area contributed by atoms with Crippen molar-refractivity contribution >= 4 is 26.9 Å². The summed E-state index contributed by atoms with van der Waals surface area (Å²) in [5.41, 5.74) is 1.88. The number of aliphatic hydroxyl groups is 1. The second-order valence-corrected chi connectivity index (χ2v) is 9.02. The third kappa shape index (κ3) is 5.78. The highest BCUT2D eigenvalue weighted by Gasteiger charge is 2.15. The van der Waals surface area contributed by atoms with Gasteiger partial charge in [0, 0.05) is 43.3 Å². The van der Waals surface area contributed by atoms with Gasteiger partial charge < -0.3 is 19.2 Å². The van der Waals surface area contributed by atoms with E-state index >= 15 is 0 Å². The van der Waals surface area contributed by atoms with Crippen LogP contribution in [0.25, 0.3) is 22.1 Å². The van der Waals surface area contributed by atoms with E-state index < -0.39 is 0 Å². The van der Waals surface area contributed by atoms with Gasteiger partial charge >= 0.3 is 0 Å². The number of fused-ring (bicyclic) bond motifs is 1. The summed E-state index contributed by atoms with van der Waals surface area (Å²) in [4.78, 5) is 17.7.